The number of likely N-dealkylation sites (tertiary alicyclic amines) is 2. The van der Waals surface area contributed by atoms with Crippen molar-refractivity contribution in [2.24, 2.45) is 11.3 Å². The van der Waals surface area contributed by atoms with E-state index in [-0.39, 0.29) is 22.8 Å². The number of nitriles is 1. The lowest BCUT2D eigenvalue weighted by atomic mass is 9.70. The Hall–Kier alpha value is -3.12. The minimum atomic E-state index is -4.58. The Morgan fingerprint density at radius 2 is 1.89 bits per heavy atom. The second kappa shape index (κ2) is 9.74. The van der Waals surface area contributed by atoms with Crippen LogP contribution in [0, 0.1) is 22.7 Å². The lowest BCUT2D eigenvalue weighted by Gasteiger charge is -2.44. The van der Waals surface area contributed by atoms with E-state index in [0.29, 0.717) is 25.3 Å². The van der Waals surface area contributed by atoms with Crippen LogP contribution in [0.25, 0.3) is 0 Å². The lowest BCUT2D eigenvalue weighted by molar-refractivity contribution is -0.138. The summed E-state index contributed by atoms with van der Waals surface area (Å²) >= 11 is 0. The van der Waals surface area contributed by atoms with Crippen molar-refractivity contribution >= 4 is 11.6 Å². The van der Waals surface area contributed by atoms with E-state index in [4.69, 9.17) is 5.26 Å². The van der Waals surface area contributed by atoms with E-state index in [1.54, 1.807) is 18.3 Å². The highest BCUT2D eigenvalue weighted by atomic mass is 19.4. The van der Waals surface area contributed by atoms with Gasteiger partial charge in [0.05, 0.1) is 23.1 Å². The highest BCUT2D eigenvalue weighted by molar-refractivity contribution is 5.80. The van der Waals surface area contributed by atoms with E-state index in [9.17, 15) is 18.0 Å². The van der Waals surface area contributed by atoms with Gasteiger partial charge in [0.25, 0.3) is 0 Å². The van der Waals surface area contributed by atoms with E-state index in [0.717, 1.165) is 63.5 Å². The number of rotatable bonds is 4. The van der Waals surface area contributed by atoms with Gasteiger partial charge in [-0.15, -0.1) is 0 Å². The van der Waals surface area contributed by atoms with Crippen molar-refractivity contribution in [1.82, 2.24) is 14.8 Å². The number of alkyl halides is 3. The number of nitrogens with zero attached hydrogens (tertiary/aromatic N) is 5. The number of carbonyl (C=O) groups excluding carboxylic acids is 1. The number of piperidine rings is 1. The number of hydrogen-bond donors (Lipinski definition) is 0. The first-order chi connectivity index (χ1) is 17.3. The van der Waals surface area contributed by atoms with Crippen LogP contribution in [0.2, 0.25) is 0 Å². The summed E-state index contributed by atoms with van der Waals surface area (Å²) in [6.45, 7) is 4.99. The second-order valence-electron chi connectivity index (χ2n) is 10.3. The van der Waals surface area contributed by atoms with Crippen LogP contribution >= 0.6 is 0 Å². The maximum atomic E-state index is 13.6. The third-order valence-corrected chi connectivity index (χ3v) is 8.12. The fourth-order valence-electron chi connectivity index (χ4n) is 6.22. The number of hydrogen-bond acceptors (Lipinski definition) is 5. The molecule has 3 aliphatic rings. The molecule has 0 bridgehead atoms. The average molecular weight is 498 g/mol. The summed E-state index contributed by atoms with van der Waals surface area (Å²) in [5, 5.41) is 9.12. The SMILES string of the molecule is N#Cc1ccc(N2CCC3(CC2)CN(Cc2cccnc2)CC3C(=O)N2CCCC2)cc1C(F)(F)F. The number of anilines is 1. The third-order valence-electron chi connectivity index (χ3n) is 8.12. The minimum Gasteiger partial charge on any atom is -0.371 e. The van der Waals surface area contributed by atoms with E-state index in [2.05, 4.69) is 9.88 Å². The molecule has 5 rings (SSSR count). The number of amides is 1. The Morgan fingerprint density at radius 3 is 2.53 bits per heavy atom. The predicted molar refractivity (Wildman–Crippen MR) is 129 cm³/mol. The van der Waals surface area contributed by atoms with Crippen LogP contribution in [-0.2, 0) is 17.5 Å². The predicted octanol–water partition coefficient (Wildman–Crippen LogP) is 4.31. The van der Waals surface area contributed by atoms with Gasteiger partial charge in [0.1, 0.15) is 0 Å². The maximum absolute atomic E-state index is 13.6. The van der Waals surface area contributed by atoms with Gasteiger partial charge < -0.3 is 9.80 Å². The van der Waals surface area contributed by atoms with Crippen molar-refractivity contribution in [2.45, 2.75) is 38.4 Å². The van der Waals surface area contributed by atoms with Crippen LogP contribution in [0.4, 0.5) is 18.9 Å². The van der Waals surface area contributed by atoms with Gasteiger partial charge in [0.15, 0.2) is 0 Å². The third kappa shape index (κ3) is 4.79. The molecule has 9 heteroatoms. The van der Waals surface area contributed by atoms with Crippen molar-refractivity contribution in [2.75, 3.05) is 44.2 Å². The zero-order valence-electron chi connectivity index (χ0n) is 20.2. The molecule has 1 atom stereocenters. The van der Waals surface area contributed by atoms with Crippen LogP contribution in [0.5, 0.6) is 0 Å². The fraction of sp³-hybridized carbons (Fsp3) is 0.519. The van der Waals surface area contributed by atoms with Crippen LogP contribution in [-0.4, -0.2) is 60.0 Å². The molecule has 36 heavy (non-hydrogen) atoms. The molecule has 3 saturated heterocycles. The number of benzene rings is 1. The zero-order valence-corrected chi connectivity index (χ0v) is 20.2. The number of carbonyl (C=O) groups is 1. The molecule has 1 unspecified atom stereocenters. The zero-order chi connectivity index (χ0) is 25.3. The highest BCUT2D eigenvalue weighted by Gasteiger charge is 2.52. The Bertz CT molecular complexity index is 1130. The van der Waals surface area contributed by atoms with Crippen LogP contribution in [0.3, 0.4) is 0 Å². The normalized spacial score (nSPS) is 22.2. The molecular weight excluding hydrogens is 467 g/mol. The summed E-state index contributed by atoms with van der Waals surface area (Å²) in [7, 11) is 0. The molecular formula is C27H30F3N5O. The molecule has 4 heterocycles. The number of aromatic nitrogens is 1. The average Bonchev–Trinajstić information content (AvgIpc) is 3.53. The Morgan fingerprint density at radius 1 is 1.14 bits per heavy atom. The summed E-state index contributed by atoms with van der Waals surface area (Å²) in [5.41, 5.74) is 0.129. The van der Waals surface area contributed by atoms with E-state index in [1.165, 1.54) is 6.07 Å². The molecule has 3 fully saturated rings. The van der Waals surface area contributed by atoms with Crippen LogP contribution < -0.4 is 4.90 Å². The van der Waals surface area contributed by atoms with Crippen molar-refractivity contribution in [3.05, 3.63) is 59.4 Å². The summed E-state index contributed by atoms with van der Waals surface area (Å²) < 4.78 is 40.5. The molecule has 1 aromatic heterocycles. The van der Waals surface area contributed by atoms with Gasteiger partial charge in [-0.1, -0.05) is 6.07 Å². The fourth-order valence-corrected chi connectivity index (χ4v) is 6.22. The maximum Gasteiger partial charge on any atom is 0.417 e. The quantitative estimate of drug-likeness (QED) is 0.630. The van der Waals surface area contributed by atoms with Gasteiger partial charge in [0.2, 0.25) is 5.91 Å². The summed E-state index contributed by atoms with van der Waals surface area (Å²) in [4.78, 5) is 24.1. The van der Waals surface area contributed by atoms with E-state index in [1.807, 2.05) is 28.1 Å². The molecule has 1 spiro atoms. The molecule has 0 saturated carbocycles. The van der Waals surface area contributed by atoms with Crippen molar-refractivity contribution in [1.29, 1.82) is 5.26 Å². The van der Waals surface area contributed by atoms with Crippen molar-refractivity contribution in [3.8, 4) is 6.07 Å². The van der Waals surface area contributed by atoms with E-state index < -0.39 is 11.7 Å². The Kier molecular flexibility index (Phi) is 6.64. The molecule has 3 aliphatic heterocycles. The van der Waals surface area contributed by atoms with Crippen LogP contribution in [0.1, 0.15) is 42.4 Å². The van der Waals surface area contributed by atoms with Gasteiger partial charge in [0, 0.05) is 63.9 Å². The van der Waals surface area contributed by atoms with Gasteiger partial charge in [-0.2, -0.15) is 18.4 Å². The highest BCUT2D eigenvalue weighted by Crippen LogP contribution is 2.47. The van der Waals surface area contributed by atoms with Gasteiger partial charge >= 0.3 is 6.18 Å². The molecule has 0 N–H and O–H groups in total. The molecule has 2 aromatic rings. The minimum absolute atomic E-state index is 0.110. The molecule has 6 nitrogen and oxygen atoms in total. The van der Waals surface area contributed by atoms with Gasteiger partial charge in [-0.25, -0.2) is 0 Å². The van der Waals surface area contributed by atoms with Crippen LogP contribution in [0.15, 0.2) is 42.7 Å². The summed E-state index contributed by atoms with van der Waals surface area (Å²) in [6.07, 6.45) is 2.58. The first-order valence-electron chi connectivity index (χ1n) is 12.6. The monoisotopic (exact) mass is 497 g/mol. The molecule has 0 aliphatic carbocycles. The van der Waals surface area contributed by atoms with E-state index >= 15 is 0 Å². The topological polar surface area (TPSA) is 63.5 Å². The molecule has 1 aromatic carbocycles. The number of pyridine rings is 1. The summed E-state index contributed by atoms with van der Waals surface area (Å²) in [6, 6.07) is 9.56. The van der Waals surface area contributed by atoms with Crippen molar-refractivity contribution in [3.63, 3.8) is 0 Å². The second-order valence-corrected chi connectivity index (χ2v) is 10.3. The van der Waals surface area contributed by atoms with Crippen molar-refractivity contribution < 1.29 is 18.0 Å². The lowest BCUT2D eigenvalue weighted by Crippen LogP contribution is -2.49. The molecule has 1 amide bonds. The largest absolute Gasteiger partial charge is 0.417 e. The first-order valence-corrected chi connectivity index (χ1v) is 12.6. The summed E-state index contributed by atoms with van der Waals surface area (Å²) in [5.74, 6) is 0.119. The molecule has 190 valence electrons. The standard InChI is InChI=1S/C27H30F3N5O/c28-27(29,30)23-14-22(6-5-21(23)15-31)34-12-7-26(8-13-34)19-33(17-20-4-3-9-32-16-20)18-24(26)25(36)35-10-1-2-11-35/h3-6,9,14,16,24H,1-2,7-8,10-13,17-19H2. The van der Waals surface area contributed by atoms with Gasteiger partial charge in [-0.05, 0) is 60.9 Å². The van der Waals surface area contributed by atoms with Gasteiger partial charge in [-0.3, -0.25) is 14.7 Å². The molecule has 0 radical (unpaired) electrons. The Labute approximate surface area is 209 Å². The Balaban J connectivity index is 1.35. The number of halogens is 3. The smallest absolute Gasteiger partial charge is 0.371 e. The first kappa shape index (κ1) is 24.6.